The molecule has 0 fully saturated rings. The van der Waals surface area contributed by atoms with Crippen LogP contribution < -0.4 is 0 Å². The van der Waals surface area contributed by atoms with E-state index < -0.39 is 0 Å². The van der Waals surface area contributed by atoms with Crippen molar-refractivity contribution >= 4 is 0 Å². The quantitative estimate of drug-likeness (QED) is 0.628. The molecule has 0 aliphatic heterocycles. The molecule has 1 heterocycles. The highest BCUT2D eigenvalue weighted by Gasteiger charge is 2.10. The van der Waals surface area contributed by atoms with Gasteiger partial charge in [0, 0.05) is 11.3 Å². The van der Waals surface area contributed by atoms with Crippen molar-refractivity contribution in [2.75, 3.05) is 0 Å². The van der Waals surface area contributed by atoms with E-state index in [-0.39, 0.29) is 0 Å². The Hall–Kier alpha value is -2.41. The predicted octanol–water partition coefficient (Wildman–Crippen LogP) is 5.03. The third-order valence-corrected chi connectivity index (χ3v) is 3.53. The van der Waals surface area contributed by atoms with Gasteiger partial charge >= 0.3 is 0 Å². The van der Waals surface area contributed by atoms with Gasteiger partial charge in [0.15, 0.2) is 0 Å². The molecule has 1 nitrogen and oxygen atoms in total. The highest BCUT2D eigenvalue weighted by molar-refractivity contribution is 5.76. The van der Waals surface area contributed by atoms with Gasteiger partial charge in [-0.1, -0.05) is 60.7 Å². The van der Waals surface area contributed by atoms with Gasteiger partial charge in [0.25, 0.3) is 0 Å². The van der Waals surface area contributed by atoms with E-state index >= 15 is 0 Å². The molecule has 0 bridgehead atoms. The lowest BCUT2D eigenvalue weighted by Gasteiger charge is -2.12. The Morgan fingerprint density at radius 1 is 0.700 bits per heavy atom. The van der Waals surface area contributed by atoms with E-state index in [1.165, 1.54) is 22.3 Å². The molecule has 98 valence electrons. The summed E-state index contributed by atoms with van der Waals surface area (Å²) in [4.78, 5) is 4.73. The van der Waals surface area contributed by atoms with Crippen molar-refractivity contribution in [1.29, 1.82) is 0 Å². The van der Waals surface area contributed by atoms with Crippen molar-refractivity contribution in [2.45, 2.75) is 13.8 Å². The first-order valence-electron chi connectivity index (χ1n) is 6.85. The molecule has 0 spiro atoms. The van der Waals surface area contributed by atoms with Crippen LogP contribution in [0.2, 0.25) is 0 Å². The second-order valence-electron chi connectivity index (χ2n) is 5.02. The van der Waals surface area contributed by atoms with Crippen LogP contribution in [0.25, 0.3) is 22.4 Å². The van der Waals surface area contributed by atoms with Crippen molar-refractivity contribution in [3.8, 4) is 22.4 Å². The summed E-state index contributed by atoms with van der Waals surface area (Å²) in [6, 6.07) is 23.0. The van der Waals surface area contributed by atoms with Gasteiger partial charge < -0.3 is 0 Å². The Bertz CT molecular complexity index is 655. The molecular weight excluding hydrogens is 242 g/mol. The van der Waals surface area contributed by atoms with Crippen LogP contribution in [0.3, 0.4) is 0 Å². The number of hydrogen-bond acceptors (Lipinski definition) is 1. The van der Waals surface area contributed by atoms with E-state index in [4.69, 9.17) is 4.98 Å². The molecule has 0 radical (unpaired) electrons. The summed E-state index contributed by atoms with van der Waals surface area (Å²) in [5.74, 6) is 0. The smallest absolute Gasteiger partial charge is 0.0740 e. The molecule has 2 aromatic carbocycles. The highest BCUT2D eigenvalue weighted by Crippen LogP contribution is 2.30. The minimum atomic E-state index is 1.05. The van der Waals surface area contributed by atoms with E-state index in [1.54, 1.807) is 0 Å². The molecule has 1 aromatic heterocycles. The van der Waals surface area contributed by atoms with Gasteiger partial charge in [-0.2, -0.15) is 0 Å². The number of nitrogens with zero attached hydrogens (tertiary/aromatic N) is 1. The summed E-state index contributed by atoms with van der Waals surface area (Å²) < 4.78 is 0. The van der Waals surface area contributed by atoms with Gasteiger partial charge in [-0.05, 0) is 36.6 Å². The summed E-state index contributed by atoms with van der Waals surface area (Å²) in [6.45, 7) is 4.20. The molecular formula is C19H17N. The fourth-order valence-electron chi connectivity index (χ4n) is 2.53. The first kappa shape index (κ1) is 12.6. The molecule has 0 unspecified atom stereocenters. The van der Waals surface area contributed by atoms with Crippen LogP contribution in [0.15, 0.2) is 66.7 Å². The standard InChI is InChI=1S/C19H17N/c1-14-13-18(16-9-5-3-6-10-16)15(2)19(20-14)17-11-7-4-8-12-17/h3-13H,1-2H3. The van der Waals surface area contributed by atoms with Crippen molar-refractivity contribution in [3.05, 3.63) is 78.0 Å². The number of aromatic nitrogens is 1. The van der Waals surface area contributed by atoms with E-state index in [0.717, 1.165) is 11.4 Å². The topological polar surface area (TPSA) is 12.9 Å². The maximum Gasteiger partial charge on any atom is 0.0740 e. The molecule has 3 aromatic rings. The lowest BCUT2D eigenvalue weighted by atomic mass is 9.96. The molecule has 0 saturated heterocycles. The van der Waals surface area contributed by atoms with E-state index in [1.807, 2.05) is 12.1 Å². The Kier molecular flexibility index (Phi) is 3.34. The Morgan fingerprint density at radius 3 is 1.85 bits per heavy atom. The minimum absolute atomic E-state index is 1.05. The number of benzene rings is 2. The van der Waals surface area contributed by atoms with Crippen molar-refractivity contribution < 1.29 is 0 Å². The average molecular weight is 259 g/mol. The second-order valence-corrected chi connectivity index (χ2v) is 5.02. The monoisotopic (exact) mass is 259 g/mol. The van der Waals surface area contributed by atoms with Gasteiger partial charge in [0.05, 0.1) is 5.69 Å². The number of aryl methyl sites for hydroxylation is 1. The zero-order chi connectivity index (χ0) is 13.9. The van der Waals surface area contributed by atoms with Gasteiger partial charge in [-0.3, -0.25) is 4.98 Å². The Balaban J connectivity index is 2.22. The molecule has 0 N–H and O–H groups in total. The number of pyridine rings is 1. The third-order valence-electron chi connectivity index (χ3n) is 3.53. The molecule has 3 rings (SSSR count). The fraction of sp³-hybridized carbons (Fsp3) is 0.105. The fourth-order valence-corrected chi connectivity index (χ4v) is 2.53. The predicted molar refractivity (Wildman–Crippen MR) is 84.6 cm³/mol. The summed E-state index contributed by atoms with van der Waals surface area (Å²) in [7, 11) is 0. The lowest BCUT2D eigenvalue weighted by Crippen LogP contribution is -1.95. The number of hydrogen-bond donors (Lipinski definition) is 0. The zero-order valence-corrected chi connectivity index (χ0v) is 11.8. The summed E-state index contributed by atoms with van der Waals surface area (Å²) in [5, 5.41) is 0. The zero-order valence-electron chi connectivity index (χ0n) is 11.8. The van der Waals surface area contributed by atoms with Crippen LogP contribution in [0.5, 0.6) is 0 Å². The van der Waals surface area contributed by atoms with E-state index in [0.29, 0.717) is 0 Å². The maximum absolute atomic E-state index is 4.73. The molecule has 0 atom stereocenters. The second kappa shape index (κ2) is 5.30. The molecule has 1 heteroatoms. The molecule has 20 heavy (non-hydrogen) atoms. The van der Waals surface area contributed by atoms with E-state index in [9.17, 15) is 0 Å². The molecule has 0 aliphatic rings. The summed E-state index contributed by atoms with van der Waals surface area (Å²) in [6.07, 6.45) is 0. The van der Waals surface area contributed by atoms with Crippen LogP contribution in [0.4, 0.5) is 0 Å². The molecule has 0 amide bonds. The van der Waals surface area contributed by atoms with Crippen molar-refractivity contribution in [3.63, 3.8) is 0 Å². The Morgan fingerprint density at radius 2 is 1.25 bits per heavy atom. The largest absolute Gasteiger partial charge is 0.253 e. The van der Waals surface area contributed by atoms with E-state index in [2.05, 4.69) is 68.4 Å². The van der Waals surface area contributed by atoms with Crippen molar-refractivity contribution in [2.24, 2.45) is 0 Å². The van der Waals surface area contributed by atoms with Gasteiger partial charge in [-0.25, -0.2) is 0 Å². The first-order chi connectivity index (χ1) is 9.75. The summed E-state index contributed by atoms with van der Waals surface area (Å²) in [5.41, 5.74) is 7.03. The summed E-state index contributed by atoms with van der Waals surface area (Å²) >= 11 is 0. The Labute approximate surface area is 119 Å². The molecule has 0 aliphatic carbocycles. The molecule has 0 saturated carbocycles. The van der Waals surface area contributed by atoms with Gasteiger partial charge in [0.1, 0.15) is 0 Å². The van der Waals surface area contributed by atoms with Crippen LogP contribution in [-0.2, 0) is 0 Å². The van der Waals surface area contributed by atoms with Crippen LogP contribution >= 0.6 is 0 Å². The van der Waals surface area contributed by atoms with Crippen LogP contribution in [-0.4, -0.2) is 4.98 Å². The SMILES string of the molecule is Cc1cc(-c2ccccc2)c(C)c(-c2ccccc2)n1. The maximum atomic E-state index is 4.73. The third kappa shape index (κ3) is 2.35. The van der Waals surface area contributed by atoms with Crippen molar-refractivity contribution in [1.82, 2.24) is 4.98 Å². The highest BCUT2D eigenvalue weighted by atomic mass is 14.7. The lowest BCUT2D eigenvalue weighted by molar-refractivity contribution is 1.18. The number of rotatable bonds is 2. The minimum Gasteiger partial charge on any atom is -0.253 e. The average Bonchev–Trinajstić information content (AvgIpc) is 2.51. The van der Waals surface area contributed by atoms with Crippen LogP contribution in [0.1, 0.15) is 11.3 Å². The van der Waals surface area contributed by atoms with Gasteiger partial charge in [-0.15, -0.1) is 0 Å². The first-order valence-corrected chi connectivity index (χ1v) is 6.85. The van der Waals surface area contributed by atoms with Crippen LogP contribution in [0, 0.1) is 13.8 Å². The normalized spacial score (nSPS) is 10.5. The van der Waals surface area contributed by atoms with Gasteiger partial charge in [0.2, 0.25) is 0 Å².